The molecule has 0 saturated heterocycles. The fraction of sp³-hybridized carbons (Fsp3) is 0.0769. The summed E-state index contributed by atoms with van der Waals surface area (Å²) in [6.45, 7) is 0. The third-order valence-corrected chi connectivity index (χ3v) is 3.20. The van der Waals surface area contributed by atoms with Crippen LogP contribution in [0.15, 0.2) is 43.2 Å². The van der Waals surface area contributed by atoms with Crippen LogP contribution in [0.5, 0.6) is 0 Å². The number of aromatic nitrogens is 6. The molecule has 0 aliphatic heterocycles. The molecule has 7 nitrogen and oxygen atoms in total. The van der Waals surface area contributed by atoms with E-state index in [-0.39, 0.29) is 0 Å². The molecule has 0 aliphatic rings. The molecular weight excluding hydrogens is 254 g/mol. The van der Waals surface area contributed by atoms with Gasteiger partial charge in [-0.15, -0.1) is 5.10 Å². The van der Waals surface area contributed by atoms with Crippen molar-refractivity contribution in [3.8, 4) is 11.1 Å². The van der Waals surface area contributed by atoms with Gasteiger partial charge in [0.15, 0.2) is 0 Å². The van der Waals surface area contributed by atoms with Gasteiger partial charge in [-0.25, -0.2) is 19.5 Å². The molecule has 4 aromatic heterocycles. The maximum absolute atomic E-state index is 4.35. The van der Waals surface area contributed by atoms with Gasteiger partial charge in [-0.1, -0.05) is 0 Å². The van der Waals surface area contributed by atoms with E-state index in [9.17, 15) is 0 Å². The van der Waals surface area contributed by atoms with Crippen molar-refractivity contribution in [2.24, 2.45) is 0 Å². The highest BCUT2D eigenvalue weighted by Crippen LogP contribution is 2.24. The van der Waals surface area contributed by atoms with Gasteiger partial charge in [0.05, 0.1) is 11.7 Å². The van der Waals surface area contributed by atoms with Crippen molar-refractivity contribution < 1.29 is 0 Å². The first-order chi connectivity index (χ1) is 9.85. The Bertz CT molecular complexity index is 905. The molecule has 0 aliphatic carbocycles. The van der Waals surface area contributed by atoms with Crippen molar-refractivity contribution >= 4 is 17.2 Å². The zero-order valence-electron chi connectivity index (χ0n) is 10.7. The van der Waals surface area contributed by atoms with Crippen LogP contribution in [-0.2, 0) is 0 Å². The molecule has 0 atom stereocenters. The molecule has 0 bridgehead atoms. The summed E-state index contributed by atoms with van der Waals surface area (Å²) >= 11 is 0. The lowest BCUT2D eigenvalue weighted by atomic mass is 10.1. The fourth-order valence-corrected chi connectivity index (χ4v) is 2.21. The lowest BCUT2D eigenvalue weighted by Gasteiger charge is -2.02. The Morgan fingerprint density at radius 3 is 2.95 bits per heavy atom. The van der Waals surface area contributed by atoms with Gasteiger partial charge < -0.3 is 5.32 Å². The Hall–Kier alpha value is -2.96. The molecule has 0 fully saturated rings. The van der Waals surface area contributed by atoms with Gasteiger partial charge in [0, 0.05) is 49.2 Å². The second-order valence-electron chi connectivity index (χ2n) is 4.37. The normalized spacial score (nSPS) is 11.2. The van der Waals surface area contributed by atoms with Gasteiger partial charge >= 0.3 is 0 Å². The monoisotopic (exact) mass is 265 g/mol. The van der Waals surface area contributed by atoms with Crippen LogP contribution in [0, 0.1) is 0 Å². The molecule has 1 N–H and O–H groups in total. The van der Waals surface area contributed by atoms with Crippen LogP contribution in [0.2, 0.25) is 0 Å². The summed E-state index contributed by atoms with van der Waals surface area (Å²) in [6.07, 6.45) is 11.1. The van der Waals surface area contributed by atoms with Crippen LogP contribution in [0.1, 0.15) is 0 Å². The summed E-state index contributed by atoms with van der Waals surface area (Å²) in [5, 5.41) is 7.27. The zero-order valence-corrected chi connectivity index (χ0v) is 10.7. The minimum Gasteiger partial charge on any atom is -0.356 e. The predicted octanol–water partition coefficient (Wildman–Crippen LogP) is 1.48. The molecule has 4 rings (SSSR count). The quantitative estimate of drug-likeness (QED) is 0.594. The van der Waals surface area contributed by atoms with E-state index >= 15 is 0 Å². The van der Waals surface area contributed by atoms with Crippen molar-refractivity contribution in [1.82, 2.24) is 29.0 Å². The smallest absolute Gasteiger partial charge is 0.240 e. The van der Waals surface area contributed by atoms with E-state index in [1.165, 1.54) is 0 Å². The fourth-order valence-electron chi connectivity index (χ4n) is 2.21. The van der Waals surface area contributed by atoms with Crippen molar-refractivity contribution in [2.75, 3.05) is 12.4 Å². The minimum absolute atomic E-state index is 0.586. The topological polar surface area (TPSA) is 72.4 Å². The van der Waals surface area contributed by atoms with Crippen molar-refractivity contribution in [3.05, 3.63) is 43.2 Å². The Morgan fingerprint density at radius 2 is 2.05 bits per heavy atom. The molecule has 0 unspecified atom stereocenters. The molecule has 20 heavy (non-hydrogen) atoms. The number of imidazole rings is 1. The standard InChI is InChI=1S/C13H11N7/c1-14-12-16-7-11-10(2-4-20(11)18-12)9-6-17-13-15-3-5-19(13)8-9/h2-8H,1H3,(H,14,18). The van der Waals surface area contributed by atoms with E-state index in [2.05, 4.69) is 25.4 Å². The second kappa shape index (κ2) is 4.02. The van der Waals surface area contributed by atoms with Crippen LogP contribution >= 0.6 is 0 Å². The van der Waals surface area contributed by atoms with E-state index in [1.54, 1.807) is 24.0 Å². The van der Waals surface area contributed by atoms with E-state index in [1.807, 2.05) is 35.3 Å². The van der Waals surface area contributed by atoms with Gasteiger partial charge in [-0.05, 0) is 6.07 Å². The number of anilines is 1. The highest BCUT2D eigenvalue weighted by Gasteiger charge is 2.08. The average molecular weight is 265 g/mol. The molecule has 98 valence electrons. The highest BCUT2D eigenvalue weighted by molar-refractivity contribution is 5.79. The van der Waals surface area contributed by atoms with Crippen LogP contribution in [0.25, 0.3) is 22.4 Å². The Morgan fingerprint density at radius 1 is 1.10 bits per heavy atom. The summed E-state index contributed by atoms with van der Waals surface area (Å²) < 4.78 is 3.69. The van der Waals surface area contributed by atoms with Crippen LogP contribution in [-0.4, -0.2) is 36.0 Å². The maximum Gasteiger partial charge on any atom is 0.240 e. The second-order valence-corrected chi connectivity index (χ2v) is 4.37. The van der Waals surface area contributed by atoms with E-state index < -0.39 is 0 Å². The Labute approximate surface area is 113 Å². The number of hydrogen-bond acceptors (Lipinski definition) is 5. The van der Waals surface area contributed by atoms with Crippen LogP contribution in [0.3, 0.4) is 0 Å². The largest absolute Gasteiger partial charge is 0.356 e. The molecule has 0 saturated carbocycles. The van der Waals surface area contributed by atoms with Crippen molar-refractivity contribution in [1.29, 1.82) is 0 Å². The summed E-state index contributed by atoms with van der Waals surface area (Å²) in [7, 11) is 1.79. The first kappa shape index (κ1) is 10.9. The number of rotatable bonds is 2. The molecule has 4 aromatic rings. The molecule has 0 aromatic carbocycles. The number of fused-ring (bicyclic) bond motifs is 2. The van der Waals surface area contributed by atoms with E-state index in [4.69, 9.17) is 0 Å². The van der Waals surface area contributed by atoms with Gasteiger partial charge in [0.25, 0.3) is 0 Å². The van der Waals surface area contributed by atoms with Crippen LogP contribution < -0.4 is 5.32 Å². The van der Waals surface area contributed by atoms with Gasteiger partial charge in [-0.2, -0.15) is 0 Å². The Kier molecular flexibility index (Phi) is 2.19. The predicted molar refractivity (Wildman–Crippen MR) is 74.5 cm³/mol. The molecular formula is C13H11N7. The SMILES string of the molecule is CNc1ncc2c(-c3cnc4nccn4c3)ccn2n1. The van der Waals surface area contributed by atoms with E-state index in [0.717, 1.165) is 16.6 Å². The minimum atomic E-state index is 0.586. The molecule has 4 heterocycles. The molecule has 0 spiro atoms. The third kappa shape index (κ3) is 1.53. The summed E-state index contributed by atoms with van der Waals surface area (Å²) in [4.78, 5) is 12.7. The third-order valence-electron chi connectivity index (χ3n) is 3.20. The van der Waals surface area contributed by atoms with Crippen molar-refractivity contribution in [3.63, 3.8) is 0 Å². The first-order valence-electron chi connectivity index (χ1n) is 6.16. The summed E-state index contributed by atoms with van der Waals surface area (Å²) in [5.41, 5.74) is 2.97. The molecule has 7 heteroatoms. The van der Waals surface area contributed by atoms with Gasteiger partial charge in [0.1, 0.15) is 0 Å². The molecule has 0 amide bonds. The Balaban J connectivity index is 1.92. The lowest BCUT2D eigenvalue weighted by Crippen LogP contribution is -2.00. The maximum atomic E-state index is 4.35. The molecule has 0 radical (unpaired) electrons. The zero-order chi connectivity index (χ0) is 13.5. The number of hydrogen-bond donors (Lipinski definition) is 1. The van der Waals surface area contributed by atoms with Crippen molar-refractivity contribution in [2.45, 2.75) is 0 Å². The first-order valence-corrected chi connectivity index (χ1v) is 6.16. The lowest BCUT2D eigenvalue weighted by molar-refractivity contribution is 0.909. The number of nitrogens with zero attached hydrogens (tertiary/aromatic N) is 6. The summed E-state index contributed by atoms with van der Waals surface area (Å²) in [6, 6.07) is 2.00. The van der Waals surface area contributed by atoms with Gasteiger partial charge in [0.2, 0.25) is 11.7 Å². The van der Waals surface area contributed by atoms with Gasteiger partial charge in [-0.3, -0.25) is 4.40 Å². The highest BCUT2D eigenvalue weighted by atomic mass is 15.3. The summed E-state index contributed by atoms with van der Waals surface area (Å²) in [5.74, 6) is 1.27. The number of nitrogens with one attached hydrogen (secondary N) is 1. The van der Waals surface area contributed by atoms with E-state index in [0.29, 0.717) is 11.7 Å². The average Bonchev–Trinajstić information content (AvgIpc) is 3.11. The van der Waals surface area contributed by atoms with Crippen LogP contribution in [0.4, 0.5) is 5.95 Å².